The van der Waals surface area contributed by atoms with Gasteiger partial charge in [0.1, 0.15) is 17.3 Å². The van der Waals surface area contributed by atoms with Crippen molar-refractivity contribution in [1.29, 1.82) is 0 Å². The van der Waals surface area contributed by atoms with E-state index >= 15 is 0 Å². The van der Waals surface area contributed by atoms with E-state index in [9.17, 15) is 13.2 Å². The lowest BCUT2D eigenvalue weighted by Crippen LogP contribution is -2.19. The van der Waals surface area contributed by atoms with E-state index in [2.05, 4.69) is 15.5 Å². The first-order chi connectivity index (χ1) is 14.4. The molecule has 0 saturated carbocycles. The Kier molecular flexibility index (Phi) is 5.40. The van der Waals surface area contributed by atoms with Crippen molar-refractivity contribution in [3.8, 4) is 11.3 Å². The summed E-state index contributed by atoms with van der Waals surface area (Å²) in [6, 6.07) is 12.9. The van der Waals surface area contributed by atoms with Crippen LogP contribution in [0.15, 0.2) is 83.6 Å². The second-order valence-corrected chi connectivity index (χ2v) is 8.59. The lowest BCUT2D eigenvalue weighted by Gasteiger charge is -2.00. The van der Waals surface area contributed by atoms with Crippen LogP contribution in [0.1, 0.15) is 11.5 Å². The minimum Gasteiger partial charge on any atom is -0.463 e. The van der Waals surface area contributed by atoms with E-state index in [1.807, 2.05) is 0 Å². The summed E-state index contributed by atoms with van der Waals surface area (Å²) in [5.41, 5.74) is 0.671. The summed E-state index contributed by atoms with van der Waals surface area (Å²) < 4.78 is 33.5. The molecule has 1 aliphatic heterocycles. The molecule has 11 heteroatoms. The molecule has 0 aliphatic carbocycles. The lowest BCUT2D eigenvalue weighted by atomic mass is 10.2. The van der Waals surface area contributed by atoms with Gasteiger partial charge in [0.25, 0.3) is 5.91 Å². The number of sulfonamides is 1. The summed E-state index contributed by atoms with van der Waals surface area (Å²) in [5.74, 6) is 1.20. The largest absolute Gasteiger partial charge is 0.463 e. The number of amides is 1. The predicted octanol–water partition coefficient (Wildman–Crippen LogP) is 2.78. The third-order valence-corrected chi connectivity index (χ3v) is 5.72. The van der Waals surface area contributed by atoms with Crippen LogP contribution in [0, 0.1) is 0 Å². The molecular weight excluding hydrogens is 428 g/mol. The van der Waals surface area contributed by atoms with Crippen molar-refractivity contribution in [2.45, 2.75) is 4.90 Å². The van der Waals surface area contributed by atoms with E-state index in [0.717, 1.165) is 11.8 Å². The van der Waals surface area contributed by atoms with Gasteiger partial charge in [-0.3, -0.25) is 10.1 Å². The van der Waals surface area contributed by atoms with Gasteiger partial charge in [0.05, 0.1) is 22.3 Å². The van der Waals surface area contributed by atoms with Gasteiger partial charge in [-0.2, -0.15) is 5.10 Å². The summed E-state index contributed by atoms with van der Waals surface area (Å²) in [6.07, 6.45) is 4.54. The summed E-state index contributed by atoms with van der Waals surface area (Å²) in [4.78, 5) is 12.5. The van der Waals surface area contributed by atoms with E-state index in [-0.39, 0.29) is 10.8 Å². The fraction of sp³-hybridized carbons (Fsp3) is 0. The molecule has 1 aromatic carbocycles. The van der Waals surface area contributed by atoms with Crippen molar-refractivity contribution in [3.63, 3.8) is 0 Å². The summed E-state index contributed by atoms with van der Waals surface area (Å²) >= 11 is 1.13. The van der Waals surface area contributed by atoms with Crippen molar-refractivity contribution in [1.82, 2.24) is 5.32 Å². The summed E-state index contributed by atoms with van der Waals surface area (Å²) in [6.45, 7) is 0. The van der Waals surface area contributed by atoms with Gasteiger partial charge in [0.2, 0.25) is 10.0 Å². The predicted molar refractivity (Wildman–Crippen MR) is 113 cm³/mol. The highest BCUT2D eigenvalue weighted by molar-refractivity contribution is 8.18. The third kappa shape index (κ3) is 4.59. The Morgan fingerprint density at radius 2 is 1.87 bits per heavy atom. The Balaban J connectivity index is 1.48. The molecule has 0 unspecified atom stereocenters. The second kappa shape index (κ2) is 8.14. The van der Waals surface area contributed by atoms with E-state index in [1.54, 1.807) is 42.5 Å². The number of rotatable bonds is 5. The fourth-order valence-corrected chi connectivity index (χ4v) is 3.78. The Hall–Kier alpha value is -3.41. The van der Waals surface area contributed by atoms with Crippen LogP contribution in [0.5, 0.6) is 0 Å². The van der Waals surface area contributed by atoms with Crippen LogP contribution in [0.4, 0.5) is 0 Å². The van der Waals surface area contributed by atoms with Gasteiger partial charge in [0.15, 0.2) is 5.17 Å². The number of hydrogen-bond donors (Lipinski definition) is 2. The SMILES string of the molecule is NS(=O)(=O)c1ccc(-c2ccc(C=C3SC(=NN=Cc4ccco4)NC3=O)o2)cc1. The van der Waals surface area contributed by atoms with Crippen LogP contribution < -0.4 is 10.5 Å². The molecule has 3 heterocycles. The maximum absolute atomic E-state index is 12.1. The molecule has 9 nitrogen and oxygen atoms in total. The number of thioether (sulfide) groups is 1. The number of nitrogens with one attached hydrogen (secondary N) is 1. The van der Waals surface area contributed by atoms with Gasteiger partial charge in [-0.1, -0.05) is 0 Å². The molecule has 30 heavy (non-hydrogen) atoms. The highest BCUT2D eigenvalue weighted by Gasteiger charge is 2.24. The van der Waals surface area contributed by atoms with Gasteiger partial charge < -0.3 is 8.83 Å². The van der Waals surface area contributed by atoms with Crippen LogP contribution in [0.2, 0.25) is 0 Å². The zero-order valence-corrected chi connectivity index (χ0v) is 16.8. The minimum absolute atomic E-state index is 0.0145. The number of furan rings is 2. The molecule has 152 valence electrons. The van der Waals surface area contributed by atoms with E-state index in [4.69, 9.17) is 14.0 Å². The topological polar surface area (TPSA) is 140 Å². The van der Waals surface area contributed by atoms with Crippen LogP contribution >= 0.6 is 11.8 Å². The number of primary sulfonamides is 1. The first-order valence-corrected chi connectivity index (χ1v) is 10.8. The normalized spacial score (nSPS) is 17.3. The molecule has 3 aromatic rings. The molecule has 2 aromatic heterocycles. The van der Waals surface area contributed by atoms with E-state index < -0.39 is 10.0 Å². The van der Waals surface area contributed by atoms with Crippen LogP contribution in [-0.2, 0) is 14.8 Å². The molecule has 1 saturated heterocycles. The average Bonchev–Trinajstić information content (AvgIpc) is 3.44. The average molecular weight is 442 g/mol. The summed E-state index contributed by atoms with van der Waals surface area (Å²) in [5, 5.41) is 15.9. The molecule has 1 amide bonds. The molecule has 3 N–H and O–H groups in total. The molecule has 0 atom stereocenters. The standard InChI is InChI=1S/C19H14N4O5S2/c20-30(25,26)15-6-3-12(4-7-15)16-8-5-13(28-16)10-17-18(24)22-19(29-17)23-21-11-14-2-1-9-27-14/h1-11H,(H2,20,25,26)(H,22,23,24). The number of carbonyl (C=O) groups is 1. The number of benzene rings is 1. The minimum atomic E-state index is -3.76. The number of amidine groups is 1. The number of hydrogen-bond acceptors (Lipinski definition) is 8. The Bertz CT molecular complexity index is 1270. The van der Waals surface area contributed by atoms with Crippen LogP contribution in [0.25, 0.3) is 17.4 Å². The second-order valence-electron chi connectivity index (χ2n) is 6.00. The van der Waals surface area contributed by atoms with Crippen molar-refractivity contribution in [3.05, 3.63) is 71.2 Å². The number of carbonyl (C=O) groups excluding carboxylic acids is 1. The molecular formula is C19H14N4O5S2. The highest BCUT2D eigenvalue weighted by Crippen LogP contribution is 2.29. The van der Waals surface area contributed by atoms with Gasteiger partial charge >= 0.3 is 0 Å². The molecule has 0 spiro atoms. The van der Waals surface area contributed by atoms with Gasteiger partial charge in [0, 0.05) is 11.6 Å². The van der Waals surface area contributed by atoms with Gasteiger partial charge in [-0.15, -0.1) is 5.10 Å². The maximum Gasteiger partial charge on any atom is 0.264 e. The summed E-state index contributed by atoms with van der Waals surface area (Å²) in [7, 11) is -3.76. The zero-order chi connectivity index (χ0) is 21.1. The Morgan fingerprint density at radius 3 is 2.57 bits per heavy atom. The molecule has 4 rings (SSSR count). The van der Waals surface area contributed by atoms with Crippen molar-refractivity contribution in [2.24, 2.45) is 15.3 Å². The molecule has 1 aliphatic rings. The fourth-order valence-electron chi connectivity index (χ4n) is 2.50. The van der Waals surface area contributed by atoms with Gasteiger partial charge in [-0.25, -0.2) is 13.6 Å². The molecule has 0 radical (unpaired) electrons. The maximum atomic E-state index is 12.1. The van der Waals surface area contributed by atoms with E-state index in [0.29, 0.717) is 32.9 Å². The smallest absolute Gasteiger partial charge is 0.264 e. The number of nitrogens with two attached hydrogens (primary N) is 1. The first kappa shape index (κ1) is 19.9. The zero-order valence-electron chi connectivity index (χ0n) is 15.2. The monoisotopic (exact) mass is 442 g/mol. The van der Waals surface area contributed by atoms with Crippen LogP contribution in [-0.4, -0.2) is 25.7 Å². The van der Waals surface area contributed by atoms with Crippen molar-refractivity contribution < 1.29 is 22.0 Å². The molecule has 0 bridgehead atoms. The van der Waals surface area contributed by atoms with Crippen molar-refractivity contribution in [2.75, 3.05) is 0 Å². The molecule has 1 fully saturated rings. The first-order valence-electron chi connectivity index (χ1n) is 8.47. The Labute approximate surface area is 175 Å². The lowest BCUT2D eigenvalue weighted by molar-refractivity contribution is -0.115. The number of nitrogens with zero attached hydrogens (tertiary/aromatic N) is 2. The quantitative estimate of drug-likeness (QED) is 0.354. The highest BCUT2D eigenvalue weighted by atomic mass is 32.2. The van der Waals surface area contributed by atoms with Crippen molar-refractivity contribution >= 4 is 45.2 Å². The Morgan fingerprint density at radius 1 is 1.07 bits per heavy atom. The van der Waals surface area contributed by atoms with Gasteiger partial charge in [-0.05, 0) is 60.3 Å². The van der Waals surface area contributed by atoms with Crippen LogP contribution in [0.3, 0.4) is 0 Å². The third-order valence-electron chi connectivity index (χ3n) is 3.90. The van der Waals surface area contributed by atoms with E-state index in [1.165, 1.54) is 24.6 Å².